The van der Waals surface area contributed by atoms with Crippen LogP contribution in [0.1, 0.15) is 75.8 Å². The second kappa shape index (κ2) is 10.7. The van der Waals surface area contributed by atoms with E-state index in [-0.39, 0.29) is 0 Å². The smallest absolute Gasteiger partial charge is 0.227 e. The summed E-state index contributed by atoms with van der Waals surface area (Å²) >= 11 is 0. The average Bonchev–Trinajstić information content (AvgIpc) is 3.58. The molecule has 3 heterocycles. The highest BCUT2D eigenvalue weighted by Gasteiger charge is 2.26. The van der Waals surface area contributed by atoms with Crippen LogP contribution in [0.15, 0.2) is 36.7 Å². The van der Waals surface area contributed by atoms with Gasteiger partial charge in [0.15, 0.2) is 17.0 Å². The largest absolute Gasteiger partial charge is 0.365 e. The minimum atomic E-state index is 0.333. The van der Waals surface area contributed by atoms with E-state index in [1.807, 2.05) is 6.33 Å². The number of benzene rings is 1. The van der Waals surface area contributed by atoms with Crippen LogP contribution in [0.5, 0.6) is 0 Å². The Kier molecular flexibility index (Phi) is 7.05. The maximum atomic E-state index is 6.15. The molecular weight excluding hydrogens is 448 g/mol. The fourth-order valence-corrected chi connectivity index (χ4v) is 6.25. The lowest BCUT2D eigenvalue weighted by Crippen LogP contribution is -2.39. The van der Waals surface area contributed by atoms with E-state index >= 15 is 0 Å². The van der Waals surface area contributed by atoms with Crippen molar-refractivity contribution in [2.75, 3.05) is 23.7 Å². The van der Waals surface area contributed by atoms with E-state index in [0.29, 0.717) is 24.2 Å². The molecule has 1 aromatic carbocycles. The summed E-state index contributed by atoms with van der Waals surface area (Å²) in [6, 6.07) is 12.4. The average molecular weight is 489 g/mol. The molecule has 8 nitrogen and oxygen atoms in total. The van der Waals surface area contributed by atoms with Crippen molar-refractivity contribution in [3.8, 4) is 0 Å². The summed E-state index contributed by atoms with van der Waals surface area (Å²) in [4.78, 5) is 17.4. The molecule has 0 spiro atoms. The van der Waals surface area contributed by atoms with Gasteiger partial charge < -0.3 is 20.9 Å². The molecule has 36 heavy (non-hydrogen) atoms. The predicted molar refractivity (Wildman–Crippen MR) is 145 cm³/mol. The third-order valence-electron chi connectivity index (χ3n) is 8.42. The summed E-state index contributed by atoms with van der Waals surface area (Å²) in [7, 11) is 0. The first-order valence-corrected chi connectivity index (χ1v) is 14.0. The van der Waals surface area contributed by atoms with Crippen LogP contribution in [0.25, 0.3) is 11.2 Å². The van der Waals surface area contributed by atoms with E-state index in [1.165, 1.54) is 31.2 Å². The van der Waals surface area contributed by atoms with Crippen molar-refractivity contribution in [1.82, 2.24) is 24.4 Å². The van der Waals surface area contributed by atoms with Crippen molar-refractivity contribution < 1.29 is 0 Å². The highest BCUT2D eigenvalue weighted by molar-refractivity contribution is 5.84. The van der Waals surface area contributed by atoms with Crippen LogP contribution in [-0.2, 0) is 6.54 Å². The molecule has 0 atom stereocenters. The van der Waals surface area contributed by atoms with Crippen LogP contribution in [0.2, 0.25) is 0 Å². The first-order valence-electron chi connectivity index (χ1n) is 14.0. The van der Waals surface area contributed by atoms with Gasteiger partial charge in [0.2, 0.25) is 5.95 Å². The molecule has 6 rings (SSSR count). The van der Waals surface area contributed by atoms with Gasteiger partial charge >= 0.3 is 0 Å². The lowest BCUT2D eigenvalue weighted by molar-refractivity contribution is 0.211. The van der Waals surface area contributed by atoms with Gasteiger partial charge in [0, 0.05) is 43.8 Å². The number of nitrogens with one attached hydrogen (secondary N) is 2. The first-order chi connectivity index (χ1) is 17.7. The molecule has 1 aliphatic heterocycles. The highest BCUT2D eigenvalue weighted by atomic mass is 15.2. The van der Waals surface area contributed by atoms with Crippen LogP contribution in [0.3, 0.4) is 0 Å². The maximum absolute atomic E-state index is 6.15. The van der Waals surface area contributed by atoms with Crippen molar-refractivity contribution in [2.45, 2.75) is 94.9 Å². The van der Waals surface area contributed by atoms with E-state index in [1.54, 1.807) is 0 Å². The molecule has 8 heteroatoms. The molecule has 192 valence electrons. The van der Waals surface area contributed by atoms with Crippen molar-refractivity contribution >= 4 is 22.9 Å². The molecule has 3 aliphatic rings. The summed E-state index contributed by atoms with van der Waals surface area (Å²) in [6.07, 6.45) is 13.5. The third kappa shape index (κ3) is 5.34. The van der Waals surface area contributed by atoms with Crippen LogP contribution < -0.4 is 16.4 Å². The van der Waals surface area contributed by atoms with Gasteiger partial charge in [-0.1, -0.05) is 43.2 Å². The van der Waals surface area contributed by atoms with Gasteiger partial charge in [0.25, 0.3) is 0 Å². The van der Waals surface area contributed by atoms with Crippen molar-refractivity contribution in [1.29, 1.82) is 0 Å². The lowest BCUT2D eigenvalue weighted by Gasteiger charge is -2.32. The Hall–Kier alpha value is -2.71. The molecular formula is C28H40N8. The molecule has 0 bridgehead atoms. The summed E-state index contributed by atoms with van der Waals surface area (Å²) in [5.41, 5.74) is 9.41. The van der Waals surface area contributed by atoms with Gasteiger partial charge in [-0.2, -0.15) is 9.97 Å². The van der Waals surface area contributed by atoms with E-state index in [4.69, 9.17) is 20.7 Å². The molecule has 2 aromatic heterocycles. The van der Waals surface area contributed by atoms with E-state index < -0.39 is 0 Å². The zero-order valence-electron chi connectivity index (χ0n) is 21.3. The number of piperidine rings is 1. The fourth-order valence-electron chi connectivity index (χ4n) is 6.25. The molecule has 3 aromatic rings. The normalized spacial score (nSPS) is 24.4. The molecule has 0 radical (unpaired) electrons. The maximum Gasteiger partial charge on any atom is 0.227 e. The van der Waals surface area contributed by atoms with Crippen LogP contribution in [-0.4, -0.2) is 55.6 Å². The van der Waals surface area contributed by atoms with Crippen LogP contribution in [0.4, 0.5) is 11.8 Å². The number of rotatable bonds is 7. The van der Waals surface area contributed by atoms with E-state index in [2.05, 4.69) is 50.4 Å². The molecule has 2 saturated carbocycles. The summed E-state index contributed by atoms with van der Waals surface area (Å²) in [5.74, 6) is 1.61. The molecule has 2 aliphatic carbocycles. The number of anilines is 2. The van der Waals surface area contributed by atoms with E-state index in [0.717, 1.165) is 81.1 Å². The molecule has 1 saturated heterocycles. The number of likely N-dealkylation sites (tertiary alicyclic amines) is 1. The van der Waals surface area contributed by atoms with Crippen molar-refractivity contribution in [3.05, 3.63) is 42.2 Å². The van der Waals surface area contributed by atoms with Crippen molar-refractivity contribution in [3.63, 3.8) is 0 Å². The Morgan fingerprint density at radius 1 is 0.833 bits per heavy atom. The quantitative estimate of drug-likeness (QED) is 0.443. The van der Waals surface area contributed by atoms with Gasteiger partial charge in [0.1, 0.15) is 0 Å². The van der Waals surface area contributed by atoms with Crippen LogP contribution >= 0.6 is 0 Å². The molecule has 0 unspecified atom stereocenters. The first kappa shape index (κ1) is 23.7. The Balaban J connectivity index is 1.18. The zero-order chi connectivity index (χ0) is 24.3. The number of nitrogens with zero attached hydrogens (tertiary/aromatic N) is 5. The second-order valence-electron chi connectivity index (χ2n) is 11.1. The molecule has 4 N–H and O–H groups in total. The van der Waals surface area contributed by atoms with Gasteiger partial charge in [-0.25, -0.2) is 4.98 Å². The second-order valence-corrected chi connectivity index (χ2v) is 11.1. The van der Waals surface area contributed by atoms with Crippen molar-refractivity contribution in [2.24, 2.45) is 5.73 Å². The Morgan fingerprint density at radius 2 is 1.56 bits per heavy atom. The summed E-state index contributed by atoms with van der Waals surface area (Å²) in [6.45, 7) is 3.19. The Labute approximate surface area is 214 Å². The monoisotopic (exact) mass is 488 g/mol. The van der Waals surface area contributed by atoms with Gasteiger partial charge in [0.05, 0.1) is 6.33 Å². The number of imidazole rings is 1. The van der Waals surface area contributed by atoms with Crippen LogP contribution in [0, 0.1) is 0 Å². The SMILES string of the molecule is NC1CCC(Nc2nc(NC3CCN(Cc4ccccc4)CC3)nc3c2ncn3C2CCCC2)CC1. The number of fused-ring (bicyclic) bond motifs is 1. The number of nitrogens with two attached hydrogens (primary N) is 1. The van der Waals surface area contributed by atoms with E-state index in [9.17, 15) is 0 Å². The predicted octanol–water partition coefficient (Wildman–Crippen LogP) is 4.70. The highest BCUT2D eigenvalue weighted by Crippen LogP contribution is 2.34. The Bertz CT molecular complexity index is 1120. The number of hydrogen-bond donors (Lipinski definition) is 3. The topological polar surface area (TPSA) is 96.9 Å². The lowest BCUT2D eigenvalue weighted by atomic mass is 9.92. The number of hydrogen-bond acceptors (Lipinski definition) is 7. The minimum Gasteiger partial charge on any atom is -0.365 e. The van der Waals surface area contributed by atoms with Gasteiger partial charge in [-0.15, -0.1) is 0 Å². The summed E-state index contributed by atoms with van der Waals surface area (Å²) < 4.78 is 2.31. The third-order valence-corrected chi connectivity index (χ3v) is 8.42. The van der Waals surface area contributed by atoms with Gasteiger partial charge in [-0.3, -0.25) is 4.90 Å². The zero-order valence-corrected chi connectivity index (χ0v) is 21.3. The molecule has 3 fully saturated rings. The van der Waals surface area contributed by atoms with Gasteiger partial charge in [-0.05, 0) is 56.9 Å². The molecule has 0 amide bonds. The number of aromatic nitrogens is 4. The summed E-state index contributed by atoms with van der Waals surface area (Å²) in [5, 5.41) is 7.43. The fraction of sp³-hybridized carbons (Fsp3) is 0.607. The Morgan fingerprint density at radius 3 is 2.31 bits per heavy atom. The standard InChI is InChI=1S/C28H40N8/c29-21-10-12-22(13-11-21)31-26-25-27(36(19-30-25)24-8-4-5-9-24)34-28(33-26)32-23-14-16-35(17-15-23)18-20-6-2-1-3-7-20/h1-3,6-7,19,21-24H,4-5,8-18,29H2,(H2,31,32,33,34). The minimum absolute atomic E-state index is 0.333.